The molecule has 2 aliphatic rings. The number of benzene rings is 9. The molecule has 0 bridgehead atoms. The van der Waals surface area contributed by atoms with Crippen LogP contribution in [0.3, 0.4) is 0 Å². The van der Waals surface area contributed by atoms with Crippen molar-refractivity contribution in [1.82, 2.24) is 0 Å². The van der Waals surface area contributed by atoms with Crippen LogP contribution in [-0.4, -0.2) is 36.7 Å². The molecule has 74 heavy (non-hydrogen) atoms. The third-order valence-electron chi connectivity index (χ3n) is 15.1. The molecule has 372 valence electrons. The lowest BCUT2D eigenvalue weighted by molar-refractivity contribution is 0.0877. The predicted octanol–water partition coefficient (Wildman–Crippen LogP) is 14.4. The minimum absolute atomic E-state index is 0.00384. The van der Waals surface area contributed by atoms with Crippen molar-refractivity contribution in [2.45, 2.75) is 91.9 Å². The topological polar surface area (TPSA) is 145 Å². The second kappa shape index (κ2) is 18.5. The molecule has 9 aromatic carbocycles. The van der Waals surface area contributed by atoms with Gasteiger partial charge in [-0.1, -0.05) is 128 Å². The summed E-state index contributed by atoms with van der Waals surface area (Å²) in [5.41, 5.74) is 20.1. The van der Waals surface area contributed by atoms with E-state index in [4.69, 9.17) is 20.9 Å². The van der Waals surface area contributed by atoms with E-state index >= 15 is 19.2 Å². The van der Waals surface area contributed by atoms with Gasteiger partial charge in [-0.25, -0.2) is 9.80 Å². The number of hydrogen-bond acceptors (Lipinski definition) is 8. The zero-order valence-electron chi connectivity index (χ0n) is 43.2. The summed E-state index contributed by atoms with van der Waals surface area (Å²) < 4.78 is 14.0. The van der Waals surface area contributed by atoms with Gasteiger partial charge in [0.15, 0.2) is 0 Å². The summed E-state index contributed by atoms with van der Waals surface area (Å²) in [5, 5.41) is 4.78. The summed E-state index contributed by atoms with van der Waals surface area (Å²) in [4.78, 5) is 64.8. The lowest BCUT2D eigenvalue weighted by Crippen LogP contribution is -2.42. The van der Waals surface area contributed by atoms with Crippen molar-refractivity contribution in [2.75, 3.05) is 22.9 Å². The number of hydrogen-bond donors (Lipinski definition) is 2. The Hall–Kier alpha value is -7.92. The highest BCUT2D eigenvalue weighted by Crippen LogP contribution is 2.54. The third kappa shape index (κ3) is 7.52. The van der Waals surface area contributed by atoms with Crippen LogP contribution < -0.4 is 30.7 Å². The number of amides is 4. The first-order valence-corrected chi connectivity index (χ1v) is 25.9. The smallest absolute Gasteiger partial charge is 0.266 e. The molecule has 10 nitrogen and oxygen atoms in total. The lowest BCUT2D eigenvalue weighted by atomic mass is 9.80. The van der Waals surface area contributed by atoms with E-state index in [-0.39, 0.29) is 23.7 Å². The van der Waals surface area contributed by atoms with Crippen LogP contribution in [0.4, 0.5) is 11.4 Å². The highest BCUT2D eigenvalue weighted by atomic mass is 16.5. The maximum absolute atomic E-state index is 15.6. The number of nitrogens with two attached hydrogens (primary N) is 2. The van der Waals surface area contributed by atoms with Gasteiger partial charge in [0.2, 0.25) is 0 Å². The SMILES string of the molecule is CC(C)c1cccc(C(C)C)c1N1C(=O)c2ccc3c4c(Oc5ccc(CCN)cc5)cc5c6c(ccc(c7c(Oc8ccc(CCN)cc8)cc(c2c37)C1=O)c64)C(=O)N(c1c(C(C)C)cccc1C(C)C)C5=O. The number of carbonyl (C=O) groups is 4. The minimum atomic E-state index is -0.465. The Morgan fingerprint density at radius 3 is 1.03 bits per heavy atom. The van der Waals surface area contributed by atoms with E-state index in [0.717, 1.165) is 33.4 Å². The number of imide groups is 2. The minimum Gasteiger partial charge on any atom is -0.457 e. The number of nitrogens with zero attached hydrogens (tertiary/aromatic N) is 2. The van der Waals surface area contributed by atoms with E-state index < -0.39 is 23.6 Å². The summed E-state index contributed by atoms with van der Waals surface area (Å²) >= 11 is 0. The van der Waals surface area contributed by atoms with Crippen molar-refractivity contribution in [3.8, 4) is 23.0 Å². The average Bonchev–Trinajstić information content (AvgIpc) is 3.38. The molecule has 0 radical (unpaired) electrons. The van der Waals surface area contributed by atoms with Crippen LogP contribution in [-0.2, 0) is 12.8 Å². The highest BCUT2D eigenvalue weighted by Gasteiger charge is 2.42. The highest BCUT2D eigenvalue weighted by molar-refractivity contribution is 6.46. The van der Waals surface area contributed by atoms with Crippen molar-refractivity contribution in [1.29, 1.82) is 0 Å². The van der Waals surface area contributed by atoms with Crippen molar-refractivity contribution in [2.24, 2.45) is 11.5 Å². The van der Waals surface area contributed by atoms with E-state index in [1.807, 2.05) is 97.1 Å². The molecule has 2 heterocycles. The Morgan fingerprint density at radius 1 is 0.392 bits per heavy atom. The largest absolute Gasteiger partial charge is 0.457 e. The Kier molecular flexibility index (Phi) is 12.1. The second-order valence-corrected chi connectivity index (χ2v) is 21.1. The zero-order valence-corrected chi connectivity index (χ0v) is 43.2. The maximum Gasteiger partial charge on any atom is 0.266 e. The summed E-state index contributed by atoms with van der Waals surface area (Å²) in [7, 11) is 0. The molecule has 0 saturated carbocycles. The molecule has 0 unspecified atom stereocenters. The zero-order chi connectivity index (χ0) is 52.0. The van der Waals surface area contributed by atoms with Gasteiger partial charge in [0, 0.05) is 43.4 Å². The number of para-hydroxylation sites is 2. The lowest BCUT2D eigenvalue weighted by Gasteiger charge is -2.34. The Labute approximate surface area is 431 Å². The quantitative estimate of drug-likeness (QED) is 0.0622. The molecule has 11 rings (SSSR count). The molecular weight excluding hydrogens is 921 g/mol. The van der Waals surface area contributed by atoms with Crippen molar-refractivity contribution in [3.63, 3.8) is 0 Å². The van der Waals surface area contributed by atoms with Crippen molar-refractivity contribution >= 4 is 78.1 Å². The van der Waals surface area contributed by atoms with E-state index in [1.54, 1.807) is 24.3 Å². The standard InChI is InChI=1S/C64H60N4O6/c1-33(2)41-11-9-12-42(34(3)4)59(41)67-61(69)47-25-23-45-56-52(74-40-21-17-38(18-22-40)28-30-66)32-50-54-48(62(70)68(64(50)72)60-43(35(5)6)13-10-14-44(60)36(7)8)26-24-46(58(54)56)55-51(31-49(63(67)71)53(47)57(45)55)73-39-19-15-37(16-20-39)27-29-65/h9-26,31-36H,27-30,65-66H2,1-8H3. The van der Waals surface area contributed by atoms with Crippen molar-refractivity contribution < 1.29 is 28.7 Å². The molecule has 0 saturated heterocycles. The fraction of sp³-hybridized carbons (Fsp3) is 0.250. The van der Waals surface area contributed by atoms with Gasteiger partial charge in [0.1, 0.15) is 23.0 Å². The molecule has 0 aromatic heterocycles. The number of carbonyl (C=O) groups excluding carboxylic acids is 4. The average molecular weight is 981 g/mol. The fourth-order valence-electron chi connectivity index (χ4n) is 11.5. The summed E-state index contributed by atoms with van der Waals surface area (Å²) in [6.45, 7) is 17.5. The van der Waals surface area contributed by atoms with E-state index in [0.29, 0.717) is 126 Å². The molecule has 0 fully saturated rings. The molecule has 0 spiro atoms. The number of anilines is 2. The number of ether oxygens (including phenoxy) is 2. The molecule has 4 amide bonds. The monoisotopic (exact) mass is 980 g/mol. The van der Waals surface area contributed by atoms with Gasteiger partial charge in [-0.05, 0) is 142 Å². The van der Waals surface area contributed by atoms with Crippen LogP contribution >= 0.6 is 0 Å². The van der Waals surface area contributed by atoms with Gasteiger partial charge in [0.25, 0.3) is 23.6 Å². The normalized spacial score (nSPS) is 13.8. The van der Waals surface area contributed by atoms with Gasteiger partial charge >= 0.3 is 0 Å². The van der Waals surface area contributed by atoms with E-state index in [2.05, 4.69) is 55.4 Å². The summed E-state index contributed by atoms with van der Waals surface area (Å²) in [5.74, 6) is 0.0162. The first kappa shape index (κ1) is 48.4. The van der Waals surface area contributed by atoms with Gasteiger partial charge in [-0.2, -0.15) is 0 Å². The second-order valence-electron chi connectivity index (χ2n) is 21.1. The molecule has 4 N–H and O–H groups in total. The molecule has 0 aliphatic carbocycles. The Bertz CT molecular complexity index is 3500. The summed E-state index contributed by atoms with van der Waals surface area (Å²) in [6.07, 6.45) is 1.38. The Balaban J connectivity index is 1.25. The van der Waals surface area contributed by atoms with Gasteiger partial charge in [-0.15, -0.1) is 0 Å². The van der Waals surface area contributed by atoms with Crippen molar-refractivity contribution in [3.05, 3.63) is 177 Å². The predicted molar refractivity (Wildman–Crippen MR) is 298 cm³/mol. The van der Waals surface area contributed by atoms with E-state index in [1.165, 1.54) is 9.80 Å². The molecule has 0 atom stereocenters. The summed E-state index contributed by atoms with van der Waals surface area (Å²) in [6, 6.07) is 38.4. The molecule has 2 aliphatic heterocycles. The van der Waals surface area contributed by atoms with Gasteiger partial charge < -0.3 is 20.9 Å². The van der Waals surface area contributed by atoms with Crippen LogP contribution in [0.5, 0.6) is 23.0 Å². The maximum atomic E-state index is 15.6. The van der Waals surface area contributed by atoms with Gasteiger partial charge in [-0.3, -0.25) is 19.2 Å². The third-order valence-corrected chi connectivity index (χ3v) is 15.1. The van der Waals surface area contributed by atoms with Crippen LogP contribution in [0.1, 0.15) is 154 Å². The Morgan fingerprint density at radius 2 is 0.716 bits per heavy atom. The van der Waals surface area contributed by atoms with E-state index in [9.17, 15) is 0 Å². The van der Waals surface area contributed by atoms with Crippen LogP contribution in [0.2, 0.25) is 0 Å². The first-order chi connectivity index (χ1) is 35.6. The molecular formula is C64H60N4O6. The van der Waals surface area contributed by atoms with Crippen LogP contribution in [0.15, 0.2) is 121 Å². The first-order valence-electron chi connectivity index (χ1n) is 25.9. The molecule has 9 aromatic rings. The fourth-order valence-corrected chi connectivity index (χ4v) is 11.5. The van der Waals surface area contributed by atoms with Crippen LogP contribution in [0.25, 0.3) is 43.1 Å². The number of rotatable bonds is 14. The molecule has 10 heteroatoms. The van der Waals surface area contributed by atoms with Crippen LogP contribution in [0, 0.1) is 0 Å². The number of fused-ring (bicyclic) bond motifs is 2. The van der Waals surface area contributed by atoms with Gasteiger partial charge in [0.05, 0.1) is 22.5 Å².